The molecule has 0 aliphatic carbocycles. The van der Waals surface area contributed by atoms with Crippen LogP contribution in [-0.4, -0.2) is 24.6 Å². The Bertz CT molecular complexity index is 343. The first-order chi connectivity index (χ1) is 6.86. The minimum Gasteiger partial charge on any atom is -0.491 e. The fourth-order valence-corrected chi connectivity index (χ4v) is 0.911. The van der Waals surface area contributed by atoms with Gasteiger partial charge in [0, 0.05) is 5.56 Å². The van der Waals surface area contributed by atoms with E-state index in [1.807, 2.05) is 0 Å². The maximum atomic E-state index is 9.96. The molecule has 1 rings (SSSR count). The van der Waals surface area contributed by atoms with Crippen molar-refractivity contribution in [2.24, 2.45) is 0 Å². The molecule has 1 N–H and O–H groups in total. The Hall–Kier alpha value is -1.79. The molecule has 0 aliphatic heterocycles. The number of hydrogen-bond acceptors (Lipinski definition) is 3. The summed E-state index contributed by atoms with van der Waals surface area (Å²) in [6.07, 6.45) is 0.552. The van der Waals surface area contributed by atoms with E-state index in [1.165, 1.54) is 0 Å². The van der Waals surface area contributed by atoms with Crippen LogP contribution < -0.4 is 4.74 Å². The van der Waals surface area contributed by atoms with Crippen molar-refractivity contribution in [3.63, 3.8) is 0 Å². The fraction of sp³-hybridized carbons (Fsp3) is 0.182. The van der Waals surface area contributed by atoms with Crippen LogP contribution >= 0.6 is 0 Å². The van der Waals surface area contributed by atoms with Crippen LogP contribution in [-0.2, 0) is 4.79 Å². The van der Waals surface area contributed by atoms with Crippen molar-refractivity contribution in [2.75, 3.05) is 13.2 Å². The molecular weight excluding hydrogens is 180 g/mol. The molecule has 1 aromatic rings. The van der Waals surface area contributed by atoms with Gasteiger partial charge in [-0.2, -0.15) is 0 Å². The van der Waals surface area contributed by atoms with Crippen LogP contribution in [0.25, 0.3) is 0 Å². The molecule has 0 amide bonds. The number of rotatable bonds is 3. The Morgan fingerprint density at radius 1 is 1.36 bits per heavy atom. The van der Waals surface area contributed by atoms with E-state index in [4.69, 9.17) is 9.84 Å². The van der Waals surface area contributed by atoms with Gasteiger partial charge in [-0.3, -0.25) is 4.79 Å². The molecule has 0 aromatic heterocycles. The molecule has 0 bridgehead atoms. The highest BCUT2D eigenvalue weighted by molar-refractivity contribution is 5.73. The standard InChI is InChI=1S/C11H10O3/c12-7-1-2-10-3-5-11(6-4-10)14-9-8-13/h3-7,13H,8-9H2. The highest BCUT2D eigenvalue weighted by atomic mass is 16.5. The van der Waals surface area contributed by atoms with Crippen LogP contribution in [0.1, 0.15) is 5.56 Å². The molecule has 14 heavy (non-hydrogen) atoms. The van der Waals surface area contributed by atoms with Crippen molar-refractivity contribution in [1.82, 2.24) is 0 Å². The summed E-state index contributed by atoms with van der Waals surface area (Å²) in [5, 5.41) is 8.51. The molecule has 1 aromatic carbocycles. The van der Waals surface area contributed by atoms with Crippen LogP contribution in [0.4, 0.5) is 0 Å². The van der Waals surface area contributed by atoms with Crippen molar-refractivity contribution in [2.45, 2.75) is 0 Å². The minimum atomic E-state index is -0.00724. The van der Waals surface area contributed by atoms with Crippen molar-refractivity contribution in [3.05, 3.63) is 29.8 Å². The summed E-state index contributed by atoms with van der Waals surface area (Å²) < 4.78 is 5.15. The molecule has 3 heteroatoms. The molecule has 0 aliphatic rings. The number of carbonyl (C=O) groups is 1. The first-order valence-electron chi connectivity index (χ1n) is 4.15. The lowest BCUT2D eigenvalue weighted by molar-refractivity contribution is -0.103. The Morgan fingerprint density at radius 3 is 2.64 bits per heavy atom. The molecule has 3 nitrogen and oxygen atoms in total. The third-order valence-electron chi connectivity index (χ3n) is 1.49. The molecule has 0 radical (unpaired) electrons. The molecule has 0 fully saturated rings. The van der Waals surface area contributed by atoms with E-state index in [-0.39, 0.29) is 13.2 Å². The van der Waals surface area contributed by atoms with E-state index >= 15 is 0 Å². The summed E-state index contributed by atoms with van der Waals surface area (Å²) in [4.78, 5) is 9.96. The quantitative estimate of drug-likeness (QED) is 0.561. The average molecular weight is 190 g/mol. The summed E-state index contributed by atoms with van der Waals surface area (Å²) in [5.74, 6) is 5.65. The van der Waals surface area contributed by atoms with Crippen molar-refractivity contribution < 1.29 is 14.6 Å². The Kier molecular flexibility index (Phi) is 4.25. The first-order valence-corrected chi connectivity index (χ1v) is 4.15. The highest BCUT2D eigenvalue weighted by Crippen LogP contribution is 2.10. The second-order valence-corrected chi connectivity index (χ2v) is 2.48. The van der Waals surface area contributed by atoms with Gasteiger partial charge in [-0.15, -0.1) is 0 Å². The zero-order valence-corrected chi connectivity index (χ0v) is 7.56. The van der Waals surface area contributed by atoms with E-state index in [1.54, 1.807) is 24.3 Å². The number of ether oxygens (including phenoxy) is 1. The number of benzene rings is 1. The smallest absolute Gasteiger partial charge is 0.193 e. The predicted octanol–water partition coefficient (Wildman–Crippen LogP) is 0.608. The van der Waals surface area contributed by atoms with E-state index in [0.29, 0.717) is 12.0 Å². The average Bonchev–Trinajstić information content (AvgIpc) is 2.25. The molecule has 0 saturated carbocycles. The maximum Gasteiger partial charge on any atom is 0.193 e. The lowest BCUT2D eigenvalue weighted by Crippen LogP contribution is -2.01. The van der Waals surface area contributed by atoms with Crippen LogP contribution in [0.15, 0.2) is 24.3 Å². The zero-order valence-electron chi connectivity index (χ0n) is 7.56. The Balaban J connectivity index is 2.63. The van der Waals surface area contributed by atoms with Crippen LogP contribution in [0.2, 0.25) is 0 Å². The van der Waals surface area contributed by atoms with Crippen molar-refractivity contribution in [3.8, 4) is 17.6 Å². The SMILES string of the molecule is O=CC#Cc1ccc(OCCO)cc1. The normalized spacial score (nSPS) is 8.64. The Labute approximate surface area is 82.3 Å². The van der Waals surface area contributed by atoms with E-state index in [2.05, 4.69) is 11.8 Å². The highest BCUT2D eigenvalue weighted by Gasteiger charge is 1.92. The second kappa shape index (κ2) is 5.79. The van der Waals surface area contributed by atoms with Crippen LogP contribution in [0.5, 0.6) is 5.75 Å². The molecule has 0 saturated heterocycles. The van der Waals surface area contributed by atoms with Gasteiger partial charge in [-0.1, -0.05) is 5.92 Å². The number of carbonyl (C=O) groups excluding carboxylic acids is 1. The van der Waals surface area contributed by atoms with Gasteiger partial charge >= 0.3 is 0 Å². The van der Waals surface area contributed by atoms with E-state index in [0.717, 1.165) is 5.56 Å². The van der Waals surface area contributed by atoms with Gasteiger partial charge in [0.1, 0.15) is 12.4 Å². The van der Waals surface area contributed by atoms with Crippen LogP contribution in [0.3, 0.4) is 0 Å². The third-order valence-corrected chi connectivity index (χ3v) is 1.49. The summed E-state index contributed by atoms with van der Waals surface area (Å²) >= 11 is 0. The fourth-order valence-electron chi connectivity index (χ4n) is 0.911. The summed E-state index contributed by atoms with van der Waals surface area (Å²) in [6, 6.07) is 6.99. The summed E-state index contributed by atoms with van der Waals surface area (Å²) in [7, 11) is 0. The van der Waals surface area contributed by atoms with Gasteiger partial charge < -0.3 is 9.84 Å². The lowest BCUT2D eigenvalue weighted by Gasteiger charge is -2.02. The molecule has 0 unspecified atom stereocenters. The number of aliphatic hydroxyl groups is 1. The van der Waals surface area contributed by atoms with Crippen LogP contribution in [0, 0.1) is 11.8 Å². The van der Waals surface area contributed by atoms with Gasteiger partial charge in [0.25, 0.3) is 0 Å². The van der Waals surface area contributed by atoms with Crippen molar-refractivity contribution in [1.29, 1.82) is 0 Å². The molecular formula is C11H10O3. The van der Waals surface area contributed by atoms with Gasteiger partial charge in [-0.25, -0.2) is 0 Å². The Morgan fingerprint density at radius 2 is 2.07 bits per heavy atom. The topological polar surface area (TPSA) is 46.5 Å². The number of aldehydes is 1. The van der Waals surface area contributed by atoms with Gasteiger partial charge in [-0.05, 0) is 30.2 Å². The van der Waals surface area contributed by atoms with E-state index in [9.17, 15) is 4.79 Å². The zero-order chi connectivity index (χ0) is 10.2. The summed E-state index contributed by atoms with van der Waals surface area (Å²) in [6.45, 7) is 0.270. The lowest BCUT2D eigenvalue weighted by atomic mass is 10.2. The molecule has 72 valence electrons. The summed E-state index contributed by atoms with van der Waals surface area (Å²) in [5.41, 5.74) is 0.758. The third kappa shape index (κ3) is 3.30. The van der Waals surface area contributed by atoms with Gasteiger partial charge in [0.2, 0.25) is 0 Å². The maximum absolute atomic E-state index is 9.96. The molecule has 0 atom stereocenters. The first kappa shape index (κ1) is 10.3. The van der Waals surface area contributed by atoms with Crippen molar-refractivity contribution >= 4 is 6.29 Å². The predicted molar refractivity (Wildman–Crippen MR) is 52.0 cm³/mol. The monoisotopic (exact) mass is 190 g/mol. The number of aliphatic hydroxyl groups excluding tert-OH is 1. The minimum absolute atomic E-state index is 0.00724. The largest absolute Gasteiger partial charge is 0.491 e. The number of hydrogen-bond donors (Lipinski definition) is 1. The second-order valence-electron chi connectivity index (χ2n) is 2.48. The van der Waals surface area contributed by atoms with E-state index < -0.39 is 0 Å². The van der Waals surface area contributed by atoms with Gasteiger partial charge in [0.15, 0.2) is 6.29 Å². The molecule has 0 spiro atoms. The van der Waals surface area contributed by atoms with Gasteiger partial charge in [0.05, 0.1) is 6.61 Å². The molecule has 0 heterocycles.